The minimum atomic E-state index is -0.109. The summed E-state index contributed by atoms with van der Waals surface area (Å²) in [7, 11) is 0. The molecular weight excluding hydrogens is 410 g/mol. The highest BCUT2D eigenvalue weighted by molar-refractivity contribution is 5.75. The number of esters is 1. The third kappa shape index (κ3) is 6.17. The van der Waals surface area contributed by atoms with Crippen molar-refractivity contribution < 1.29 is 14.6 Å². The van der Waals surface area contributed by atoms with Gasteiger partial charge in [0.1, 0.15) is 5.75 Å². The Hall–Kier alpha value is -2.33. The predicted octanol–water partition coefficient (Wildman–Crippen LogP) is 6.83. The van der Waals surface area contributed by atoms with Crippen molar-refractivity contribution in [2.45, 2.75) is 97.8 Å². The number of hydrogen-bond donors (Lipinski definition) is 1. The van der Waals surface area contributed by atoms with E-state index in [0.717, 1.165) is 43.2 Å². The van der Waals surface area contributed by atoms with Crippen LogP contribution >= 0.6 is 0 Å². The van der Waals surface area contributed by atoms with E-state index in [-0.39, 0.29) is 24.4 Å². The molecule has 0 amide bonds. The Balaban J connectivity index is 1.97. The van der Waals surface area contributed by atoms with Gasteiger partial charge >= 0.3 is 5.97 Å². The van der Waals surface area contributed by atoms with E-state index in [9.17, 15) is 9.90 Å². The van der Waals surface area contributed by atoms with Gasteiger partial charge in [0.2, 0.25) is 0 Å². The average molecular weight is 452 g/mol. The zero-order chi connectivity index (χ0) is 24.0. The second-order valence-corrected chi connectivity index (χ2v) is 9.94. The van der Waals surface area contributed by atoms with Crippen LogP contribution in [0.4, 0.5) is 5.69 Å². The molecule has 1 unspecified atom stereocenters. The van der Waals surface area contributed by atoms with E-state index in [1.54, 1.807) is 0 Å². The minimum Gasteiger partial charge on any atom is -0.426 e. The van der Waals surface area contributed by atoms with E-state index in [2.05, 4.69) is 63.8 Å². The molecule has 3 rings (SSSR count). The maximum Gasteiger partial charge on any atom is 0.314 e. The van der Waals surface area contributed by atoms with Gasteiger partial charge in [-0.3, -0.25) is 4.79 Å². The Kier molecular flexibility index (Phi) is 8.96. The molecule has 4 nitrogen and oxygen atoms in total. The molecule has 0 saturated heterocycles. The lowest BCUT2D eigenvalue weighted by atomic mass is 9.87. The Morgan fingerprint density at radius 3 is 2.33 bits per heavy atom. The third-order valence-electron chi connectivity index (χ3n) is 6.87. The Bertz CT molecular complexity index is 907. The van der Waals surface area contributed by atoms with Crippen LogP contribution in [0.5, 0.6) is 5.75 Å². The first-order chi connectivity index (χ1) is 15.8. The van der Waals surface area contributed by atoms with Crippen molar-refractivity contribution in [2.24, 2.45) is 5.92 Å². The predicted molar refractivity (Wildman–Crippen MR) is 136 cm³/mol. The topological polar surface area (TPSA) is 49.8 Å². The van der Waals surface area contributed by atoms with Crippen LogP contribution in [-0.2, 0) is 11.4 Å². The summed E-state index contributed by atoms with van der Waals surface area (Å²) >= 11 is 0. The Morgan fingerprint density at radius 1 is 1.03 bits per heavy atom. The molecule has 0 aromatic heterocycles. The molecule has 1 saturated carbocycles. The van der Waals surface area contributed by atoms with E-state index in [1.807, 2.05) is 18.2 Å². The summed E-state index contributed by atoms with van der Waals surface area (Å²) in [5.74, 6) is 0.594. The summed E-state index contributed by atoms with van der Waals surface area (Å²) in [6.07, 6.45) is 6.12. The lowest BCUT2D eigenvalue weighted by molar-refractivity contribution is -0.140. The second-order valence-electron chi connectivity index (χ2n) is 9.94. The zero-order valence-corrected chi connectivity index (χ0v) is 21.0. The number of benzene rings is 2. The van der Waals surface area contributed by atoms with Crippen LogP contribution in [0, 0.1) is 5.92 Å². The highest BCUT2D eigenvalue weighted by atomic mass is 16.5. The smallest absolute Gasteiger partial charge is 0.314 e. The molecular formula is C29H41NO3. The highest BCUT2D eigenvalue weighted by Gasteiger charge is 2.26. The first-order valence-electron chi connectivity index (χ1n) is 12.7. The summed E-state index contributed by atoms with van der Waals surface area (Å²) in [4.78, 5) is 15.4. The van der Waals surface area contributed by atoms with Gasteiger partial charge in [0.15, 0.2) is 0 Å². The Morgan fingerprint density at radius 2 is 1.73 bits per heavy atom. The fourth-order valence-electron chi connectivity index (χ4n) is 5.32. The molecule has 0 bridgehead atoms. The fraction of sp³-hybridized carbons (Fsp3) is 0.552. The van der Waals surface area contributed by atoms with Gasteiger partial charge in [-0.2, -0.15) is 0 Å². The van der Waals surface area contributed by atoms with Crippen molar-refractivity contribution in [1.29, 1.82) is 0 Å². The number of nitrogens with zero attached hydrogens (tertiary/aromatic N) is 1. The van der Waals surface area contributed by atoms with Crippen molar-refractivity contribution in [2.75, 3.05) is 4.90 Å². The van der Waals surface area contributed by atoms with Gasteiger partial charge in [-0.1, -0.05) is 44.4 Å². The maximum atomic E-state index is 12.9. The van der Waals surface area contributed by atoms with E-state index < -0.39 is 0 Å². The van der Waals surface area contributed by atoms with Crippen LogP contribution < -0.4 is 9.64 Å². The molecule has 0 aliphatic heterocycles. The van der Waals surface area contributed by atoms with E-state index in [4.69, 9.17) is 4.74 Å². The molecule has 2 aromatic carbocycles. The number of carbonyl (C=O) groups is 1. The molecule has 4 heteroatoms. The van der Waals surface area contributed by atoms with Gasteiger partial charge in [-0.15, -0.1) is 0 Å². The lowest BCUT2D eigenvalue weighted by Gasteiger charge is -2.34. The monoisotopic (exact) mass is 451 g/mol. The van der Waals surface area contributed by atoms with Gasteiger partial charge in [0.25, 0.3) is 0 Å². The maximum absolute atomic E-state index is 12.9. The van der Waals surface area contributed by atoms with E-state index >= 15 is 0 Å². The number of aliphatic hydroxyl groups excluding tert-OH is 1. The van der Waals surface area contributed by atoms with Crippen molar-refractivity contribution in [3.05, 3.63) is 59.2 Å². The number of hydrogen-bond acceptors (Lipinski definition) is 4. The molecule has 1 fully saturated rings. The van der Waals surface area contributed by atoms with Crippen LogP contribution in [0.15, 0.2) is 42.5 Å². The average Bonchev–Trinajstić information content (AvgIpc) is 2.81. The summed E-state index contributed by atoms with van der Waals surface area (Å²) in [6, 6.07) is 15.2. The lowest BCUT2D eigenvalue weighted by Crippen LogP contribution is -2.37. The van der Waals surface area contributed by atoms with Gasteiger partial charge in [-0.05, 0) is 82.3 Å². The van der Waals surface area contributed by atoms with Gasteiger partial charge < -0.3 is 14.7 Å². The van der Waals surface area contributed by atoms with Gasteiger partial charge in [0.05, 0.1) is 12.5 Å². The van der Waals surface area contributed by atoms with Crippen molar-refractivity contribution in [3.8, 4) is 5.75 Å². The van der Waals surface area contributed by atoms with E-state index in [1.165, 1.54) is 17.7 Å². The standard InChI is InChI=1S/C29H41NO3/c1-6-26(24-13-10-14-25(18-24)30(20(2)3)21(4)5)27-17-22(19-31)15-16-28(27)33-29(32)23-11-8-7-9-12-23/h10,13-18,20-21,23,26,31H,6-9,11-12,19H2,1-5H3. The van der Waals surface area contributed by atoms with Crippen LogP contribution in [0.25, 0.3) is 0 Å². The molecule has 1 aliphatic rings. The quantitative estimate of drug-likeness (QED) is 0.335. The van der Waals surface area contributed by atoms with Gasteiger partial charge in [0, 0.05) is 29.3 Å². The molecule has 0 radical (unpaired) electrons. The zero-order valence-electron chi connectivity index (χ0n) is 21.0. The van der Waals surface area contributed by atoms with Gasteiger partial charge in [-0.25, -0.2) is 0 Å². The number of anilines is 1. The van der Waals surface area contributed by atoms with Crippen molar-refractivity contribution >= 4 is 11.7 Å². The Labute approximate surface area is 200 Å². The normalized spacial score (nSPS) is 15.6. The third-order valence-corrected chi connectivity index (χ3v) is 6.87. The molecule has 1 aliphatic carbocycles. The minimum absolute atomic E-state index is 0.00170. The highest BCUT2D eigenvalue weighted by Crippen LogP contribution is 2.38. The largest absolute Gasteiger partial charge is 0.426 e. The summed E-state index contributed by atoms with van der Waals surface area (Å²) in [5, 5.41) is 9.79. The molecule has 0 spiro atoms. The van der Waals surface area contributed by atoms with Crippen molar-refractivity contribution in [3.63, 3.8) is 0 Å². The fourth-order valence-corrected chi connectivity index (χ4v) is 5.32. The molecule has 1 atom stereocenters. The number of carbonyl (C=O) groups excluding carboxylic acids is 1. The van der Waals surface area contributed by atoms with Crippen LogP contribution in [0.1, 0.15) is 95.8 Å². The number of ether oxygens (including phenoxy) is 1. The molecule has 2 aromatic rings. The molecule has 33 heavy (non-hydrogen) atoms. The van der Waals surface area contributed by atoms with Crippen LogP contribution in [0.2, 0.25) is 0 Å². The summed E-state index contributed by atoms with van der Waals surface area (Å²) < 4.78 is 6.01. The summed E-state index contributed by atoms with van der Waals surface area (Å²) in [6.45, 7) is 11.0. The van der Waals surface area contributed by atoms with Crippen molar-refractivity contribution in [1.82, 2.24) is 0 Å². The van der Waals surface area contributed by atoms with E-state index in [0.29, 0.717) is 17.8 Å². The molecule has 0 heterocycles. The molecule has 1 N–H and O–H groups in total. The van der Waals surface area contributed by atoms with Crippen LogP contribution in [-0.4, -0.2) is 23.2 Å². The molecule has 180 valence electrons. The summed E-state index contributed by atoms with van der Waals surface area (Å²) in [5.41, 5.74) is 4.22. The SMILES string of the molecule is CCC(c1cccc(N(C(C)C)C(C)C)c1)c1cc(CO)ccc1OC(=O)C1CCCCC1. The first kappa shape index (κ1) is 25.3. The second kappa shape index (κ2) is 11.7. The first-order valence-corrected chi connectivity index (χ1v) is 12.7. The van der Waals surface area contributed by atoms with Crippen LogP contribution in [0.3, 0.4) is 0 Å². The number of aliphatic hydroxyl groups is 1. The number of rotatable bonds is 9.